The normalized spacial score (nSPS) is 16.2. The van der Waals surface area contributed by atoms with Crippen LogP contribution in [-0.4, -0.2) is 59.5 Å². The largest absolute Gasteiger partial charge is 0.357 e. The van der Waals surface area contributed by atoms with E-state index in [1.54, 1.807) is 0 Å². The van der Waals surface area contributed by atoms with E-state index in [1.807, 2.05) is 0 Å². The fourth-order valence-corrected chi connectivity index (χ4v) is 3.46. The highest BCUT2D eigenvalue weighted by Crippen LogP contribution is 2.10. The van der Waals surface area contributed by atoms with Crippen LogP contribution in [0.5, 0.6) is 0 Å². The molecule has 142 valence electrons. The summed E-state index contributed by atoms with van der Waals surface area (Å²) in [6.07, 6.45) is 9.11. The van der Waals surface area contributed by atoms with Gasteiger partial charge in [-0.2, -0.15) is 0 Å². The first-order chi connectivity index (χ1) is 12.8. The third-order valence-corrected chi connectivity index (χ3v) is 4.88. The van der Waals surface area contributed by atoms with E-state index >= 15 is 0 Å². The van der Waals surface area contributed by atoms with Gasteiger partial charge in [-0.1, -0.05) is 12.5 Å². The van der Waals surface area contributed by atoms with Crippen LogP contribution in [0, 0.1) is 6.92 Å². The molecule has 0 saturated carbocycles. The molecular weight excluding hydrogens is 324 g/mol. The molecule has 2 N–H and O–H groups in total. The molecule has 0 unspecified atom stereocenters. The molecule has 3 heterocycles. The molecule has 0 spiro atoms. The highest BCUT2D eigenvalue weighted by atomic mass is 15.2. The first kappa shape index (κ1) is 18.7. The predicted octanol–water partition coefficient (Wildman–Crippen LogP) is 2.23. The summed E-state index contributed by atoms with van der Waals surface area (Å²) >= 11 is 0. The molecular formula is C20H32N6. The number of fused-ring (bicyclic) bond motifs is 1. The average molecular weight is 357 g/mol. The molecule has 0 amide bonds. The van der Waals surface area contributed by atoms with Crippen LogP contribution >= 0.6 is 0 Å². The SMILES string of the molecule is CCNC(=NCCN1CCCCC1)NCCc1cn2cccc(C)c2n1. The Kier molecular flexibility index (Phi) is 6.89. The van der Waals surface area contributed by atoms with Gasteiger partial charge in [0, 0.05) is 38.4 Å². The lowest BCUT2D eigenvalue weighted by molar-refractivity contribution is 0.235. The standard InChI is InChI=1S/C20H32N6/c1-3-21-20(23-11-15-25-12-5-4-6-13-25)22-10-9-18-16-26-14-7-8-17(2)19(26)24-18/h7-8,14,16H,3-6,9-13,15H2,1-2H3,(H2,21,22,23). The second-order valence-corrected chi connectivity index (χ2v) is 6.99. The van der Waals surface area contributed by atoms with Crippen molar-refractivity contribution in [1.29, 1.82) is 0 Å². The maximum Gasteiger partial charge on any atom is 0.191 e. The van der Waals surface area contributed by atoms with Crippen LogP contribution in [0.15, 0.2) is 29.5 Å². The first-order valence-electron chi connectivity index (χ1n) is 9.94. The van der Waals surface area contributed by atoms with Gasteiger partial charge in [-0.05, 0) is 51.4 Å². The van der Waals surface area contributed by atoms with Gasteiger partial charge in [0.15, 0.2) is 5.96 Å². The minimum atomic E-state index is 0.832. The Morgan fingerprint density at radius 3 is 2.85 bits per heavy atom. The van der Waals surface area contributed by atoms with Gasteiger partial charge >= 0.3 is 0 Å². The average Bonchev–Trinajstić information content (AvgIpc) is 3.07. The van der Waals surface area contributed by atoms with Crippen LogP contribution in [0.3, 0.4) is 0 Å². The number of aliphatic imine (C=N–C) groups is 1. The minimum absolute atomic E-state index is 0.832. The van der Waals surface area contributed by atoms with Crippen LogP contribution in [-0.2, 0) is 6.42 Å². The Morgan fingerprint density at radius 1 is 1.23 bits per heavy atom. The molecule has 1 fully saturated rings. The van der Waals surface area contributed by atoms with Crippen LogP contribution in [0.25, 0.3) is 5.65 Å². The molecule has 0 aliphatic carbocycles. The van der Waals surface area contributed by atoms with E-state index < -0.39 is 0 Å². The van der Waals surface area contributed by atoms with E-state index in [0.717, 1.165) is 49.9 Å². The maximum atomic E-state index is 4.73. The lowest BCUT2D eigenvalue weighted by Gasteiger charge is -2.25. The molecule has 0 bridgehead atoms. The number of rotatable bonds is 7. The number of guanidine groups is 1. The molecule has 2 aromatic rings. The van der Waals surface area contributed by atoms with Crippen LogP contribution in [0.4, 0.5) is 0 Å². The van der Waals surface area contributed by atoms with Gasteiger partial charge in [0.1, 0.15) is 5.65 Å². The highest BCUT2D eigenvalue weighted by molar-refractivity contribution is 5.79. The van der Waals surface area contributed by atoms with Gasteiger partial charge in [0.2, 0.25) is 0 Å². The molecule has 26 heavy (non-hydrogen) atoms. The van der Waals surface area contributed by atoms with Crippen molar-refractivity contribution in [2.75, 3.05) is 39.3 Å². The zero-order valence-corrected chi connectivity index (χ0v) is 16.2. The molecule has 1 aliphatic rings. The van der Waals surface area contributed by atoms with Crippen LogP contribution < -0.4 is 10.6 Å². The zero-order chi connectivity index (χ0) is 18.2. The quantitative estimate of drug-likeness (QED) is 0.590. The number of likely N-dealkylation sites (tertiary alicyclic amines) is 1. The van der Waals surface area contributed by atoms with Gasteiger partial charge < -0.3 is 19.9 Å². The molecule has 0 atom stereocenters. The number of piperidine rings is 1. The minimum Gasteiger partial charge on any atom is -0.357 e. The molecule has 1 aliphatic heterocycles. The number of hydrogen-bond donors (Lipinski definition) is 2. The summed E-state index contributed by atoms with van der Waals surface area (Å²) < 4.78 is 2.10. The Bertz CT molecular complexity index is 714. The van der Waals surface area contributed by atoms with Crippen molar-refractivity contribution in [3.8, 4) is 0 Å². The fraction of sp³-hybridized carbons (Fsp3) is 0.600. The van der Waals surface area contributed by atoms with Crippen molar-refractivity contribution >= 4 is 11.6 Å². The molecule has 0 aromatic carbocycles. The van der Waals surface area contributed by atoms with E-state index in [-0.39, 0.29) is 0 Å². The topological polar surface area (TPSA) is 57.0 Å². The van der Waals surface area contributed by atoms with Gasteiger partial charge in [0.05, 0.1) is 12.2 Å². The van der Waals surface area contributed by atoms with Gasteiger partial charge in [-0.25, -0.2) is 4.98 Å². The molecule has 3 rings (SSSR count). The maximum absolute atomic E-state index is 4.73. The van der Waals surface area contributed by atoms with Crippen molar-refractivity contribution in [3.63, 3.8) is 0 Å². The van der Waals surface area contributed by atoms with E-state index in [2.05, 4.69) is 58.3 Å². The Hall–Kier alpha value is -2.08. The zero-order valence-electron chi connectivity index (χ0n) is 16.2. The van der Waals surface area contributed by atoms with Crippen molar-refractivity contribution in [1.82, 2.24) is 24.9 Å². The number of nitrogens with zero attached hydrogens (tertiary/aromatic N) is 4. The Labute approximate surface area is 156 Å². The fourth-order valence-electron chi connectivity index (χ4n) is 3.46. The smallest absolute Gasteiger partial charge is 0.191 e. The number of hydrogen-bond acceptors (Lipinski definition) is 3. The summed E-state index contributed by atoms with van der Waals surface area (Å²) in [5.74, 6) is 0.907. The molecule has 1 saturated heterocycles. The van der Waals surface area contributed by atoms with Crippen molar-refractivity contribution in [3.05, 3.63) is 35.8 Å². The summed E-state index contributed by atoms with van der Waals surface area (Å²) in [7, 11) is 0. The summed E-state index contributed by atoms with van der Waals surface area (Å²) in [6.45, 7) is 10.3. The molecule has 2 aromatic heterocycles. The summed E-state index contributed by atoms with van der Waals surface area (Å²) in [5.41, 5.74) is 3.36. The number of aromatic nitrogens is 2. The van der Waals surface area contributed by atoms with E-state index in [1.165, 1.54) is 37.9 Å². The van der Waals surface area contributed by atoms with E-state index in [9.17, 15) is 0 Å². The Balaban J connectivity index is 1.47. The monoisotopic (exact) mass is 356 g/mol. The van der Waals surface area contributed by atoms with Crippen molar-refractivity contribution in [2.24, 2.45) is 4.99 Å². The summed E-state index contributed by atoms with van der Waals surface area (Å²) in [5, 5.41) is 6.77. The molecule has 6 heteroatoms. The van der Waals surface area contributed by atoms with Gasteiger partial charge in [-0.15, -0.1) is 0 Å². The van der Waals surface area contributed by atoms with E-state index in [0.29, 0.717) is 0 Å². The third-order valence-electron chi connectivity index (χ3n) is 4.88. The first-order valence-corrected chi connectivity index (χ1v) is 9.94. The lowest BCUT2D eigenvalue weighted by atomic mass is 10.1. The van der Waals surface area contributed by atoms with Gasteiger partial charge in [0.25, 0.3) is 0 Å². The second kappa shape index (κ2) is 9.57. The van der Waals surface area contributed by atoms with Crippen LogP contribution in [0.1, 0.15) is 37.4 Å². The van der Waals surface area contributed by atoms with Crippen molar-refractivity contribution in [2.45, 2.75) is 39.5 Å². The molecule has 6 nitrogen and oxygen atoms in total. The third kappa shape index (κ3) is 5.21. The highest BCUT2D eigenvalue weighted by Gasteiger charge is 2.09. The molecule has 0 radical (unpaired) electrons. The van der Waals surface area contributed by atoms with Crippen molar-refractivity contribution < 1.29 is 0 Å². The lowest BCUT2D eigenvalue weighted by Crippen LogP contribution is -2.39. The predicted molar refractivity (Wildman–Crippen MR) is 108 cm³/mol. The number of imidazole rings is 1. The summed E-state index contributed by atoms with van der Waals surface area (Å²) in [6, 6.07) is 4.16. The van der Waals surface area contributed by atoms with Crippen LogP contribution in [0.2, 0.25) is 0 Å². The van der Waals surface area contributed by atoms with Gasteiger partial charge in [-0.3, -0.25) is 4.99 Å². The van der Waals surface area contributed by atoms with E-state index in [4.69, 9.17) is 9.98 Å². The second-order valence-electron chi connectivity index (χ2n) is 6.99. The number of aryl methyl sites for hydroxylation is 1. The Morgan fingerprint density at radius 2 is 2.08 bits per heavy atom. The number of nitrogens with one attached hydrogen (secondary N) is 2. The summed E-state index contributed by atoms with van der Waals surface area (Å²) in [4.78, 5) is 12.0. The number of pyridine rings is 1.